The van der Waals surface area contributed by atoms with Gasteiger partial charge in [-0.2, -0.15) is 0 Å². The van der Waals surface area contributed by atoms with E-state index in [2.05, 4.69) is 34.9 Å². The fourth-order valence-electron chi connectivity index (χ4n) is 6.87. The van der Waals surface area contributed by atoms with Gasteiger partial charge in [0.2, 0.25) is 0 Å². The number of benzene rings is 3. The predicted molar refractivity (Wildman–Crippen MR) is 350 cm³/mol. The summed E-state index contributed by atoms with van der Waals surface area (Å²) in [4.78, 5) is 24.8. The number of aromatic carboxylic acids is 2. The number of rotatable bonds is 37. The summed E-state index contributed by atoms with van der Waals surface area (Å²) in [5.74, 6) is -1.82. The number of nitrogens with zero attached hydrogens (tertiary/aromatic N) is 2. The number of nitrogens with two attached hydrogens (primary N) is 5. The number of carboxylic acid groups (broad SMARTS) is 2. The highest BCUT2D eigenvalue weighted by atomic mass is 28.4. The Kier molecular flexibility index (Phi) is 57.1. The molecule has 3 rings (SSSR count). The maximum atomic E-state index is 10.5. The van der Waals surface area contributed by atoms with Crippen LogP contribution in [0.4, 0.5) is 17.1 Å². The van der Waals surface area contributed by atoms with Crippen LogP contribution in [0.1, 0.15) is 52.0 Å². The molecule has 0 unspecified atom stereocenters. The van der Waals surface area contributed by atoms with Gasteiger partial charge in [-0.25, -0.2) is 9.59 Å². The van der Waals surface area contributed by atoms with Crippen molar-refractivity contribution in [2.24, 2.45) is 17.2 Å². The van der Waals surface area contributed by atoms with Crippen LogP contribution in [-0.4, -0.2) is 241 Å². The monoisotopic (exact) mass is 1280 g/mol. The molecule has 0 aromatic heterocycles. The van der Waals surface area contributed by atoms with Crippen molar-refractivity contribution < 1.29 is 72.9 Å². The van der Waals surface area contributed by atoms with E-state index >= 15 is 0 Å². The van der Waals surface area contributed by atoms with E-state index in [-0.39, 0.29) is 5.56 Å². The first kappa shape index (κ1) is 87.5. The number of aryl methyl sites for hydroxylation is 1. The zero-order chi connectivity index (χ0) is 65.6. The second-order valence-corrected chi connectivity index (χ2v) is 31.0. The molecule has 3 aromatic rings. The number of nitrogens with one attached hydrogen (secondary N) is 3. The van der Waals surface area contributed by atoms with Crippen LogP contribution in [0, 0.1) is 6.92 Å². The van der Waals surface area contributed by atoms with Gasteiger partial charge in [-0.1, -0.05) is 17.7 Å². The molecule has 85 heavy (non-hydrogen) atoms. The number of hydrogen-bond acceptors (Lipinski definition) is 24. The third-order valence-corrected chi connectivity index (χ3v) is 23.5. The zero-order valence-corrected chi connectivity index (χ0v) is 58.5. The van der Waals surface area contributed by atoms with Crippen molar-refractivity contribution in [2.75, 3.05) is 195 Å². The predicted octanol–water partition coefficient (Wildman–Crippen LogP) is 4.22. The minimum absolute atomic E-state index is 0.259. The molecule has 496 valence electrons. The summed E-state index contributed by atoms with van der Waals surface area (Å²) >= 11 is 0. The van der Waals surface area contributed by atoms with Crippen molar-refractivity contribution >= 4 is 64.2 Å². The van der Waals surface area contributed by atoms with Crippen molar-refractivity contribution in [3.05, 3.63) is 89.5 Å². The molecule has 0 bridgehead atoms. The smallest absolute Gasteiger partial charge is 0.478 e. The summed E-state index contributed by atoms with van der Waals surface area (Å²) in [5, 5.41) is 26.8. The Labute approximate surface area is 514 Å². The highest BCUT2D eigenvalue weighted by Crippen LogP contribution is 2.17. The molecule has 0 atom stereocenters. The Morgan fingerprint density at radius 2 is 0.694 bits per heavy atom. The molecule has 30 heteroatoms. The maximum absolute atomic E-state index is 10.5. The molecule has 0 heterocycles. The van der Waals surface area contributed by atoms with Gasteiger partial charge in [-0.3, -0.25) is 0 Å². The molecule has 0 amide bonds. The highest BCUT2D eigenvalue weighted by Gasteiger charge is 2.39. The SMILES string of the molecule is CN(C)c1ccc(C(=O)O)cc1.CO[Si](CCCN(C)C)(OC)OC.CO[Si](CCCN)(OC)OC.CO[Si](CCCNCCN)(OC)OC.CO[Si](CCCNCCNCCN)(OC)OC.Cc1ccc(N)cc1.Nc1ccc(C(=O)O)cc1. The van der Waals surface area contributed by atoms with Gasteiger partial charge in [-0.05, 0) is 134 Å². The minimum atomic E-state index is -2.37. The van der Waals surface area contributed by atoms with Crippen LogP contribution in [0.25, 0.3) is 0 Å². The average Bonchev–Trinajstić information content (AvgIpc) is 3.53. The fourth-order valence-corrected chi connectivity index (χ4v) is 13.8. The van der Waals surface area contributed by atoms with Crippen LogP contribution in [0.15, 0.2) is 72.8 Å². The molecule has 0 aliphatic rings. The van der Waals surface area contributed by atoms with E-state index in [1.165, 1.54) is 17.7 Å². The van der Waals surface area contributed by atoms with Gasteiger partial charge >= 0.3 is 47.2 Å². The molecule has 0 fully saturated rings. The van der Waals surface area contributed by atoms with Gasteiger partial charge in [0.05, 0.1) is 11.1 Å². The van der Waals surface area contributed by atoms with E-state index < -0.39 is 47.2 Å². The minimum Gasteiger partial charge on any atom is -0.478 e. The Bertz CT molecular complexity index is 1930. The maximum Gasteiger partial charge on any atom is 0.500 e. The van der Waals surface area contributed by atoms with Crippen molar-refractivity contribution in [1.29, 1.82) is 0 Å². The third kappa shape index (κ3) is 44.2. The Hall–Kier alpha value is -3.89. The second-order valence-electron chi connectivity index (χ2n) is 18.6. The van der Waals surface area contributed by atoms with E-state index in [9.17, 15) is 9.59 Å². The van der Waals surface area contributed by atoms with Gasteiger partial charge in [-0.15, -0.1) is 0 Å². The number of anilines is 3. The van der Waals surface area contributed by atoms with Crippen LogP contribution in [0.2, 0.25) is 24.2 Å². The molecule has 15 N–H and O–H groups in total. The van der Waals surface area contributed by atoms with Gasteiger partial charge in [0.25, 0.3) is 0 Å². The number of carboxylic acids is 2. The Balaban J connectivity index is -0.000000454. The largest absolute Gasteiger partial charge is 0.500 e. The lowest BCUT2D eigenvalue weighted by atomic mass is 10.2. The molecular formula is C55H114N10O16Si4. The topological polar surface area (TPSA) is 358 Å². The number of carbonyl (C=O) groups is 2. The first-order valence-electron chi connectivity index (χ1n) is 27.8. The van der Waals surface area contributed by atoms with E-state index in [1.54, 1.807) is 122 Å². The van der Waals surface area contributed by atoms with Crippen LogP contribution in [0.5, 0.6) is 0 Å². The van der Waals surface area contributed by atoms with Gasteiger partial charge in [0.1, 0.15) is 0 Å². The average molecular weight is 1280 g/mol. The molecule has 0 aliphatic heterocycles. The summed E-state index contributed by atoms with van der Waals surface area (Å²) in [5.41, 5.74) is 31.1. The summed E-state index contributed by atoms with van der Waals surface area (Å²) < 4.78 is 63.3. The Morgan fingerprint density at radius 1 is 0.412 bits per heavy atom. The van der Waals surface area contributed by atoms with E-state index in [1.807, 2.05) is 50.2 Å². The lowest BCUT2D eigenvalue weighted by molar-refractivity contribution is 0.0686. The molecule has 0 aliphatic carbocycles. The van der Waals surface area contributed by atoms with Gasteiger partial charge < -0.3 is 118 Å². The lowest BCUT2D eigenvalue weighted by Gasteiger charge is -2.24. The van der Waals surface area contributed by atoms with Crippen LogP contribution in [-0.2, 0) is 53.1 Å². The molecule has 0 saturated heterocycles. The van der Waals surface area contributed by atoms with Crippen molar-refractivity contribution in [3.8, 4) is 0 Å². The van der Waals surface area contributed by atoms with Crippen LogP contribution >= 0.6 is 0 Å². The van der Waals surface area contributed by atoms with Gasteiger partial charge in [0.15, 0.2) is 0 Å². The van der Waals surface area contributed by atoms with Crippen molar-refractivity contribution in [1.82, 2.24) is 20.9 Å². The highest BCUT2D eigenvalue weighted by molar-refractivity contribution is 6.61. The molecule has 0 radical (unpaired) electrons. The fraction of sp³-hybridized carbons (Fsp3) is 0.636. The summed E-state index contributed by atoms with van der Waals surface area (Å²) in [6.07, 6.45) is 3.87. The molecule has 26 nitrogen and oxygen atoms in total. The normalized spacial score (nSPS) is 11.1. The van der Waals surface area contributed by atoms with Crippen molar-refractivity contribution in [2.45, 2.75) is 56.8 Å². The summed E-state index contributed by atoms with van der Waals surface area (Å²) in [6.45, 7) is 10.5. The number of nitrogen functional groups attached to an aromatic ring is 2. The standard InChI is InChI=1S/C10H27N3O3Si.C9H11NO2.C8H22N2O3Si.C8H21NO3Si.C7H7NO2.C7H9N.C6H17NO3Si/c1-14-17(15-2,16-3)10-4-6-12-8-9-13-7-5-11;1-10(2)8-5-3-7(4-6-8)9(11)12;1-11-14(12-2,13-3)8-4-6-10-7-5-9;1-9(2)7-6-8-13(10-3,11-4)12-5;8-6-3-1-5(2-4-6)7(9)10;1-6-2-4-7(8)5-3-6;1-8-11(9-2,10-3)6-4-5-7/h12-13H,4-11H2,1-3H3;3-6H,1-2H3,(H,11,12);10H,4-9H2,1-3H3;6-8H2,1-5H3;1-4H,8H2,(H,9,10);2-5H,8H2,1H3;4-7H2,1-3H3. The third-order valence-electron chi connectivity index (χ3n) is 12.2. The Morgan fingerprint density at radius 3 is 0.965 bits per heavy atom. The summed E-state index contributed by atoms with van der Waals surface area (Å²) in [6, 6.07) is 23.9. The summed E-state index contributed by atoms with van der Waals surface area (Å²) in [7, 11) is 18.2. The zero-order valence-electron chi connectivity index (χ0n) is 54.5. The van der Waals surface area contributed by atoms with E-state index in [0.29, 0.717) is 30.9 Å². The molecule has 3 aromatic carbocycles. The molecular weight excluding hydrogens is 1170 g/mol. The first-order chi connectivity index (χ1) is 40.4. The van der Waals surface area contributed by atoms with Crippen molar-refractivity contribution in [3.63, 3.8) is 0 Å². The lowest BCUT2D eigenvalue weighted by Crippen LogP contribution is -2.43. The van der Waals surface area contributed by atoms with E-state index in [0.717, 1.165) is 107 Å². The van der Waals surface area contributed by atoms with Crippen LogP contribution < -0.4 is 49.5 Å². The number of hydrogen-bond donors (Lipinski definition) is 10. The molecule has 0 spiro atoms. The first-order valence-corrected chi connectivity index (χ1v) is 35.6. The second kappa shape index (κ2) is 55.4. The van der Waals surface area contributed by atoms with Gasteiger partial charge in [0, 0.05) is 180 Å². The van der Waals surface area contributed by atoms with Crippen LogP contribution in [0.3, 0.4) is 0 Å². The molecule has 0 saturated carbocycles. The quantitative estimate of drug-likeness (QED) is 0.0219. The van der Waals surface area contributed by atoms with E-state index in [4.69, 9.17) is 92.0 Å².